The summed E-state index contributed by atoms with van der Waals surface area (Å²) in [6, 6.07) is 0. The van der Waals surface area contributed by atoms with Gasteiger partial charge in [-0.2, -0.15) is 0 Å². The molecule has 4 heteroatoms. The summed E-state index contributed by atoms with van der Waals surface area (Å²) in [6.45, 7) is 4.07. The van der Waals surface area contributed by atoms with Crippen molar-refractivity contribution < 1.29 is 19.4 Å². The molecule has 4 nitrogen and oxygen atoms in total. The van der Waals surface area contributed by atoms with Crippen molar-refractivity contribution in [3.8, 4) is 0 Å². The van der Waals surface area contributed by atoms with Crippen LogP contribution in [0, 0.1) is 28.6 Å². The second kappa shape index (κ2) is 5.89. The lowest BCUT2D eigenvalue weighted by atomic mass is 9.47. The lowest BCUT2D eigenvalue weighted by molar-refractivity contribution is -0.185. The van der Waals surface area contributed by atoms with Crippen LogP contribution in [0.4, 0.5) is 0 Å². The maximum atomic E-state index is 12.8. The summed E-state index contributed by atoms with van der Waals surface area (Å²) in [5.41, 5.74) is 1.57. The number of allylic oxidation sites excluding steroid dienone is 1. The van der Waals surface area contributed by atoms with E-state index in [-0.39, 0.29) is 23.2 Å². The summed E-state index contributed by atoms with van der Waals surface area (Å²) >= 11 is 0. The molecule has 1 aliphatic heterocycles. The Bertz CT molecular complexity index is 634. The van der Waals surface area contributed by atoms with Crippen molar-refractivity contribution in [3.05, 3.63) is 11.6 Å². The van der Waals surface area contributed by atoms with E-state index >= 15 is 0 Å². The molecule has 0 amide bonds. The van der Waals surface area contributed by atoms with Crippen LogP contribution in [0.5, 0.6) is 0 Å². The Balaban J connectivity index is 1.46. The molecule has 0 radical (unpaired) electrons. The van der Waals surface area contributed by atoms with E-state index in [2.05, 4.69) is 13.0 Å². The minimum absolute atomic E-state index is 0.148. The molecule has 3 saturated carbocycles. The number of aliphatic hydroxyl groups excluding tert-OH is 1. The van der Waals surface area contributed by atoms with Gasteiger partial charge in [0, 0.05) is 31.3 Å². The van der Waals surface area contributed by atoms with E-state index in [0.717, 1.165) is 64.6 Å². The van der Waals surface area contributed by atoms with Gasteiger partial charge in [-0.1, -0.05) is 18.6 Å². The van der Waals surface area contributed by atoms with Crippen LogP contribution in [0.1, 0.15) is 64.7 Å². The molecular formula is C22H32O4. The van der Waals surface area contributed by atoms with Gasteiger partial charge in [0.15, 0.2) is 5.79 Å². The number of aliphatic hydroxyl groups is 1. The van der Waals surface area contributed by atoms with E-state index in [0.29, 0.717) is 30.0 Å². The van der Waals surface area contributed by atoms with Crippen molar-refractivity contribution in [1.29, 1.82) is 0 Å². The van der Waals surface area contributed by atoms with Gasteiger partial charge >= 0.3 is 0 Å². The summed E-state index contributed by atoms with van der Waals surface area (Å²) in [4.78, 5) is 12.8. The van der Waals surface area contributed by atoms with Gasteiger partial charge in [0.1, 0.15) is 5.78 Å². The molecule has 0 aromatic heterocycles. The number of carbonyl (C=O) groups excluding carboxylic acids is 1. The van der Waals surface area contributed by atoms with E-state index in [1.54, 1.807) is 5.57 Å². The zero-order valence-corrected chi connectivity index (χ0v) is 16.0. The van der Waals surface area contributed by atoms with Gasteiger partial charge in [0.2, 0.25) is 0 Å². The fourth-order valence-corrected chi connectivity index (χ4v) is 7.59. The zero-order chi connectivity index (χ0) is 18.0. The van der Waals surface area contributed by atoms with E-state index in [9.17, 15) is 9.90 Å². The number of rotatable bonds is 2. The molecule has 1 N–H and O–H groups in total. The van der Waals surface area contributed by atoms with Crippen LogP contribution in [0.2, 0.25) is 0 Å². The van der Waals surface area contributed by atoms with Crippen molar-refractivity contribution in [2.24, 2.45) is 28.6 Å². The Morgan fingerprint density at radius 2 is 1.96 bits per heavy atom. The molecule has 0 unspecified atom stereocenters. The van der Waals surface area contributed by atoms with Crippen LogP contribution in [0.3, 0.4) is 0 Å². The summed E-state index contributed by atoms with van der Waals surface area (Å²) in [6.07, 6.45) is 11.2. The summed E-state index contributed by atoms with van der Waals surface area (Å²) < 4.78 is 12.0. The fraction of sp³-hybridized carbons (Fsp3) is 0.864. The molecule has 1 heterocycles. The average Bonchev–Trinajstić information content (AvgIpc) is 3.22. The largest absolute Gasteiger partial charge is 0.396 e. The third-order valence-corrected chi connectivity index (χ3v) is 8.93. The molecule has 1 spiro atoms. The molecule has 0 aromatic carbocycles. The number of ether oxygens (including phenoxy) is 2. The number of ketones is 1. The smallest absolute Gasteiger partial charge is 0.172 e. The highest BCUT2D eigenvalue weighted by molar-refractivity contribution is 5.87. The van der Waals surface area contributed by atoms with Crippen LogP contribution in [0.25, 0.3) is 0 Å². The first-order chi connectivity index (χ1) is 12.5. The number of carbonyl (C=O) groups is 1. The second-order valence-electron chi connectivity index (χ2n) is 9.67. The molecule has 0 aromatic rings. The second-order valence-corrected chi connectivity index (χ2v) is 9.67. The molecule has 4 aliphatic carbocycles. The number of hydrogen-bond donors (Lipinski definition) is 1. The minimum Gasteiger partial charge on any atom is -0.396 e. The van der Waals surface area contributed by atoms with Crippen LogP contribution in [-0.4, -0.2) is 36.5 Å². The first-order valence-electron chi connectivity index (χ1n) is 10.6. The van der Waals surface area contributed by atoms with Gasteiger partial charge in [-0.15, -0.1) is 0 Å². The van der Waals surface area contributed by atoms with Gasteiger partial charge in [0.05, 0.1) is 13.2 Å². The maximum absolute atomic E-state index is 12.8. The molecular weight excluding hydrogens is 328 g/mol. The zero-order valence-electron chi connectivity index (χ0n) is 16.0. The number of fused-ring (bicyclic) bond motifs is 5. The predicted molar refractivity (Wildman–Crippen MR) is 97.4 cm³/mol. The van der Waals surface area contributed by atoms with E-state index in [4.69, 9.17) is 9.47 Å². The summed E-state index contributed by atoms with van der Waals surface area (Å²) in [7, 11) is 0. The Labute approximate surface area is 156 Å². The Kier molecular flexibility index (Phi) is 3.94. The monoisotopic (exact) mass is 360 g/mol. The van der Waals surface area contributed by atoms with E-state index in [1.807, 2.05) is 0 Å². The first kappa shape index (κ1) is 17.4. The van der Waals surface area contributed by atoms with Gasteiger partial charge < -0.3 is 14.6 Å². The van der Waals surface area contributed by atoms with Crippen molar-refractivity contribution in [2.45, 2.75) is 70.5 Å². The van der Waals surface area contributed by atoms with Crippen molar-refractivity contribution in [3.63, 3.8) is 0 Å². The number of Topliss-reactive ketones (excluding diaryl/α,β-unsaturated/α-hetero) is 1. The highest BCUT2D eigenvalue weighted by Crippen LogP contribution is 2.65. The minimum atomic E-state index is -0.350. The predicted octanol–water partition coefficient (Wildman–Crippen LogP) is 3.62. The van der Waals surface area contributed by atoms with Crippen LogP contribution in [-0.2, 0) is 14.3 Å². The van der Waals surface area contributed by atoms with Gasteiger partial charge in [-0.3, -0.25) is 4.79 Å². The molecule has 144 valence electrons. The molecule has 26 heavy (non-hydrogen) atoms. The van der Waals surface area contributed by atoms with Crippen molar-refractivity contribution in [2.75, 3.05) is 19.8 Å². The first-order valence-corrected chi connectivity index (χ1v) is 10.6. The maximum Gasteiger partial charge on any atom is 0.172 e. The molecule has 5 atom stereocenters. The van der Waals surface area contributed by atoms with Crippen LogP contribution >= 0.6 is 0 Å². The lowest BCUT2D eigenvalue weighted by Crippen LogP contribution is -2.53. The molecule has 4 fully saturated rings. The van der Waals surface area contributed by atoms with E-state index in [1.165, 1.54) is 0 Å². The van der Waals surface area contributed by atoms with Crippen molar-refractivity contribution >= 4 is 5.78 Å². The third kappa shape index (κ3) is 2.21. The van der Waals surface area contributed by atoms with Gasteiger partial charge in [0.25, 0.3) is 0 Å². The molecule has 0 bridgehead atoms. The summed E-state index contributed by atoms with van der Waals surface area (Å²) in [5.74, 6) is 1.84. The Hall–Kier alpha value is -0.710. The normalized spacial score (nSPS) is 46.6. The quantitative estimate of drug-likeness (QED) is 0.764. The van der Waals surface area contributed by atoms with Crippen LogP contribution in [0.15, 0.2) is 11.6 Å². The van der Waals surface area contributed by atoms with Crippen molar-refractivity contribution in [1.82, 2.24) is 0 Å². The van der Waals surface area contributed by atoms with Gasteiger partial charge in [-0.05, 0) is 61.7 Å². The number of hydrogen-bond acceptors (Lipinski definition) is 4. The third-order valence-electron chi connectivity index (χ3n) is 8.93. The molecule has 5 rings (SSSR count). The lowest BCUT2D eigenvalue weighted by Gasteiger charge is -2.58. The van der Waals surface area contributed by atoms with Crippen LogP contribution < -0.4 is 0 Å². The molecule has 5 aliphatic rings. The Morgan fingerprint density at radius 1 is 1.15 bits per heavy atom. The topological polar surface area (TPSA) is 55.8 Å². The average molecular weight is 360 g/mol. The highest BCUT2D eigenvalue weighted by Gasteiger charge is 2.61. The van der Waals surface area contributed by atoms with E-state index < -0.39 is 0 Å². The molecule has 1 saturated heterocycles. The Morgan fingerprint density at radius 3 is 2.73 bits per heavy atom. The van der Waals surface area contributed by atoms with Gasteiger partial charge in [-0.25, -0.2) is 0 Å². The standard InChI is InChI=1S/C22H32O4/c1-20-8-9-22(25-12-13-26-22)14-15(20)2-3-16-17(20)6-7-21(10-11-23)18(16)4-5-19(21)24/h2,16-18,23H,3-14H2,1H3/t16-,17+,18+,20+,21-/m1/s1. The SMILES string of the molecule is C[C@]12CCC3(CC1=CC[C@H]1[C@@H]4CCC(=O)[C@@]4(CCO)CC[C@@H]12)OCCO3. The fourth-order valence-electron chi connectivity index (χ4n) is 7.59. The summed E-state index contributed by atoms with van der Waals surface area (Å²) in [5, 5.41) is 9.64. The highest BCUT2D eigenvalue weighted by atomic mass is 16.7.